The summed E-state index contributed by atoms with van der Waals surface area (Å²) in [5, 5.41) is 5.41. The van der Waals surface area contributed by atoms with Crippen LogP contribution in [0, 0.1) is 12.7 Å². The number of aromatic nitrogens is 4. The molecule has 8 heteroatoms. The molecule has 3 aromatic rings. The molecule has 3 aromatic heterocycles. The first-order valence-electron chi connectivity index (χ1n) is 8.80. The molecule has 0 aromatic carbocycles. The van der Waals surface area contributed by atoms with Gasteiger partial charge < -0.3 is 4.90 Å². The second kappa shape index (κ2) is 5.57. The van der Waals surface area contributed by atoms with Crippen molar-refractivity contribution >= 4 is 22.2 Å². The van der Waals surface area contributed by atoms with Gasteiger partial charge in [0.25, 0.3) is 0 Å². The second-order valence-electron chi connectivity index (χ2n) is 7.03. The summed E-state index contributed by atoms with van der Waals surface area (Å²) in [4.78, 5) is 23.8. The lowest BCUT2D eigenvalue weighted by molar-refractivity contribution is -0.131. The van der Waals surface area contributed by atoms with Gasteiger partial charge in [0.2, 0.25) is 10.9 Å². The zero-order valence-electron chi connectivity index (χ0n) is 14.6. The zero-order chi connectivity index (χ0) is 18.0. The molecule has 1 fully saturated rings. The van der Waals surface area contributed by atoms with E-state index in [4.69, 9.17) is 0 Å². The Labute approximate surface area is 153 Å². The van der Waals surface area contributed by atoms with Crippen LogP contribution in [-0.2, 0) is 11.2 Å². The van der Waals surface area contributed by atoms with Gasteiger partial charge in [-0.05, 0) is 37.3 Å². The van der Waals surface area contributed by atoms with Crippen LogP contribution in [-0.4, -0.2) is 36.9 Å². The van der Waals surface area contributed by atoms with Crippen LogP contribution in [0.4, 0.5) is 4.39 Å². The molecule has 0 N–H and O–H groups in total. The fourth-order valence-electron chi connectivity index (χ4n) is 3.78. The molecule has 1 atom stereocenters. The van der Waals surface area contributed by atoms with Gasteiger partial charge in [-0.2, -0.15) is 5.10 Å². The van der Waals surface area contributed by atoms with Crippen LogP contribution < -0.4 is 0 Å². The zero-order valence-corrected chi connectivity index (χ0v) is 15.4. The van der Waals surface area contributed by atoms with E-state index in [1.165, 1.54) is 18.3 Å². The molecule has 0 saturated heterocycles. The molecule has 1 saturated carbocycles. The molecule has 1 aliphatic carbocycles. The quantitative estimate of drug-likeness (QED) is 0.695. The summed E-state index contributed by atoms with van der Waals surface area (Å²) in [5.41, 5.74) is 2.85. The third-order valence-electron chi connectivity index (χ3n) is 5.18. The van der Waals surface area contributed by atoms with Crippen LogP contribution in [0.25, 0.3) is 4.96 Å². The van der Waals surface area contributed by atoms with Crippen LogP contribution in [0.3, 0.4) is 0 Å². The number of rotatable bonds is 2. The van der Waals surface area contributed by atoms with Crippen LogP contribution in [0.2, 0.25) is 0 Å². The minimum atomic E-state index is -0.596. The van der Waals surface area contributed by atoms with E-state index in [1.54, 1.807) is 21.7 Å². The van der Waals surface area contributed by atoms with Crippen LogP contribution in [0.1, 0.15) is 59.4 Å². The van der Waals surface area contributed by atoms with Gasteiger partial charge in [0.1, 0.15) is 22.6 Å². The number of carbonyl (C=O) groups is 1. The van der Waals surface area contributed by atoms with Gasteiger partial charge in [-0.25, -0.2) is 13.9 Å². The van der Waals surface area contributed by atoms with Gasteiger partial charge in [-0.1, -0.05) is 11.3 Å². The molecule has 1 amide bonds. The number of aryl methyl sites for hydroxylation is 1. The maximum absolute atomic E-state index is 15.0. The fraction of sp³-hybridized carbons (Fsp3) is 0.444. The minimum absolute atomic E-state index is 0.102. The van der Waals surface area contributed by atoms with Gasteiger partial charge in [0.05, 0.1) is 11.4 Å². The van der Waals surface area contributed by atoms with Crippen molar-refractivity contribution in [2.24, 2.45) is 0 Å². The molecule has 1 unspecified atom stereocenters. The molecule has 4 heterocycles. The Bertz CT molecular complexity index is 1040. The summed E-state index contributed by atoms with van der Waals surface area (Å²) in [6.45, 7) is 3.93. The molecule has 1 aliphatic heterocycles. The molecule has 0 spiro atoms. The van der Waals surface area contributed by atoms with Crippen molar-refractivity contribution in [2.45, 2.75) is 45.1 Å². The third kappa shape index (κ3) is 2.35. The Morgan fingerprint density at radius 2 is 2.19 bits per heavy atom. The Hall–Kier alpha value is -2.35. The lowest BCUT2D eigenvalue weighted by Crippen LogP contribution is -2.40. The standard InChI is InChI=1S/C18H18FN5OS/c1-9-22-24-16-14(21-18(24)26-9)5-6-23(10(2)25)17(16)15-13(19)7-12(8-20-15)11-3-4-11/h7-8,11,17H,3-6H2,1-2H3. The van der Waals surface area contributed by atoms with Gasteiger partial charge in [-0.3, -0.25) is 9.78 Å². The first-order chi connectivity index (χ1) is 12.5. The van der Waals surface area contributed by atoms with Gasteiger partial charge >= 0.3 is 0 Å². The Kier molecular flexibility index (Phi) is 3.40. The summed E-state index contributed by atoms with van der Waals surface area (Å²) in [6.07, 6.45) is 4.58. The number of amides is 1. The monoisotopic (exact) mass is 371 g/mol. The first-order valence-corrected chi connectivity index (χ1v) is 9.62. The molecule has 26 heavy (non-hydrogen) atoms. The van der Waals surface area contributed by atoms with Crippen LogP contribution >= 0.6 is 11.3 Å². The van der Waals surface area contributed by atoms with Crippen molar-refractivity contribution in [2.75, 3.05) is 6.54 Å². The Morgan fingerprint density at radius 1 is 1.38 bits per heavy atom. The average Bonchev–Trinajstić information content (AvgIpc) is 3.30. The number of pyridine rings is 1. The summed E-state index contributed by atoms with van der Waals surface area (Å²) in [7, 11) is 0. The van der Waals surface area contributed by atoms with E-state index in [-0.39, 0.29) is 17.4 Å². The average molecular weight is 371 g/mol. The number of halogens is 1. The topological polar surface area (TPSA) is 63.4 Å². The molecule has 0 bridgehead atoms. The van der Waals surface area contributed by atoms with E-state index in [1.807, 2.05) is 6.92 Å². The van der Waals surface area contributed by atoms with Gasteiger partial charge in [-0.15, -0.1) is 0 Å². The molecule has 2 aliphatic rings. The van der Waals surface area contributed by atoms with Crippen molar-refractivity contribution in [3.05, 3.63) is 45.7 Å². The summed E-state index contributed by atoms with van der Waals surface area (Å²) in [5.74, 6) is -0.0323. The maximum Gasteiger partial charge on any atom is 0.220 e. The fourth-order valence-corrected chi connectivity index (χ4v) is 4.55. The summed E-state index contributed by atoms with van der Waals surface area (Å²) >= 11 is 1.49. The molecule has 0 radical (unpaired) electrons. The molecular weight excluding hydrogens is 353 g/mol. The van der Waals surface area contributed by atoms with Crippen molar-refractivity contribution < 1.29 is 9.18 Å². The molecule has 134 valence electrons. The predicted molar refractivity (Wildman–Crippen MR) is 94.7 cm³/mol. The number of imidazole rings is 1. The van der Waals surface area contributed by atoms with Crippen molar-refractivity contribution in [1.29, 1.82) is 0 Å². The third-order valence-corrected chi connectivity index (χ3v) is 6.00. The number of nitrogens with zero attached hydrogens (tertiary/aromatic N) is 5. The molecule has 6 nitrogen and oxygen atoms in total. The normalized spacial score (nSPS) is 19.8. The molecular formula is C18H18FN5OS. The largest absolute Gasteiger partial charge is 0.328 e. The highest BCUT2D eigenvalue weighted by Gasteiger charge is 2.38. The van der Waals surface area contributed by atoms with Crippen molar-refractivity contribution in [3.8, 4) is 0 Å². The number of hydrogen-bond donors (Lipinski definition) is 0. The smallest absolute Gasteiger partial charge is 0.220 e. The van der Waals surface area contributed by atoms with E-state index in [0.717, 1.165) is 39.8 Å². The summed E-state index contributed by atoms with van der Waals surface area (Å²) in [6, 6.07) is 0.984. The lowest BCUT2D eigenvalue weighted by Gasteiger charge is -2.34. The van der Waals surface area contributed by atoms with Crippen LogP contribution in [0.5, 0.6) is 0 Å². The minimum Gasteiger partial charge on any atom is -0.328 e. The molecule has 5 rings (SSSR count). The van der Waals surface area contributed by atoms with E-state index < -0.39 is 6.04 Å². The number of carbonyl (C=O) groups excluding carboxylic acids is 1. The highest BCUT2D eigenvalue weighted by atomic mass is 32.1. The number of fused-ring (bicyclic) bond motifs is 3. The Balaban J connectivity index is 1.70. The van der Waals surface area contributed by atoms with E-state index >= 15 is 4.39 Å². The van der Waals surface area contributed by atoms with E-state index in [9.17, 15) is 4.79 Å². The maximum atomic E-state index is 15.0. The van der Waals surface area contributed by atoms with Crippen molar-refractivity contribution in [3.63, 3.8) is 0 Å². The Morgan fingerprint density at radius 3 is 2.88 bits per heavy atom. The van der Waals surface area contributed by atoms with E-state index in [0.29, 0.717) is 18.9 Å². The van der Waals surface area contributed by atoms with Crippen molar-refractivity contribution in [1.82, 2.24) is 24.5 Å². The van der Waals surface area contributed by atoms with Gasteiger partial charge in [0, 0.05) is 26.1 Å². The highest BCUT2D eigenvalue weighted by molar-refractivity contribution is 7.16. The summed E-state index contributed by atoms with van der Waals surface area (Å²) < 4.78 is 16.8. The van der Waals surface area contributed by atoms with Crippen LogP contribution in [0.15, 0.2) is 12.3 Å². The predicted octanol–water partition coefficient (Wildman–Crippen LogP) is 3.00. The number of hydrogen-bond acceptors (Lipinski definition) is 5. The highest BCUT2D eigenvalue weighted by Crippen LogP contribution is 2.42. The second-order valence-corrected chi connectivity index (χ2v) is 8.19. The van der Waals surface area contributed by atoms with E-state index in [2.05, 4.69) is 15.1 Å². The SMILES string of the molecule is CC(=O)N1CCc2nc3sc(C)nn3c2C1c1ncc(C2CC2)cc1F. The first kappa shape index (κ1) is 15.9. The lowest BCUT2D eigenvalue weighted by atomic mass is 9.98. The van der Waals surface area contributed by atoms with Gasteiger partial charge in [0.15, 0.2) is 0 Å².